The highest BCUT2D eigenvalue weighted by atomic mass is 32.1. The molecular weight excluding hydrogens is 504 g/mol. The van der Waals surface area contributed by atoms with Gasteiger partial charge in [-0.1, -0.05) is 109 Å². The first kappa shape index (κ1) is 22.0. The van der Waals surface area contributed by atoms with Crippen LogP contribution in [0.5, 0.6) is 0 Å². The molecule has 0 atom stereocenters. The predicted molar refractivity (Wildman–Crippen MR) is 172 cm³/mol. The van der Waals surface area contributed by atoms with Crippen LogP contribution >= 0.6 is 11.3 Å². The number of thiophene rings is 1. The molecule has 0 aliphatic carbocycles. The van der Waals surface area contributed by atoms with Crippen molar-refractivity contribution in [2.24, 2.45) is 0 Å². The number of benzene rings is 7. The third-order valence-corrected chi connectivity index (χ3v) is 9.41. The summed E-state index contributed by atoms with van der Waals surface area (Å²) in [5, 5.41) is 9.86. The van der Waals surface area contributed by atoms with Crippen molar-refractivity contribution in [3.63, 3.8) is 0 Å². The van der Waals surface area contributed by atoms with Crippen molar-refractivity contribution >= 4 is 75.0 Å². The minimum atomic E-state index is 0.914. The molecule has 0 aliphatic rings. The van der Waals surface area contributed by atoms with Crippen molar-refractivity contribution in [1.29, 1.82) is 0 Å². The fourth-order valence-corrected chi connectivity index (χ4v) is 7.62. The number of hydrogen-bond donors (Lipinski definition) is 0. The second-order valence-electron chi connectivity index (χ2n) is 10.4. The third kappa shape index (κ3) is 3.03. The molecule has 0 fully saturated rings. The van der Waals surface area contributed by atoms with Crippen molar-refractivity contribution in [3.05, 3.63) is 133 Å². The van der Waals surface area contributed by atoms with Crippen molar-refractivity contribution in [2.75, 3.05) is 0 Å². The Bertz CT molecular complexity index is 2430. The van der Waals surface area contributed by atoms with E-state index in [0.717, 1.165) is 22.1 Å². The van der Waals surface area contributed by atoms with Crippen LogP contribution in [0.15, 0.2) is 138 Å². The molecule has 0 aliphatic heterocycles. The van der Waals surface area contributed by atoms with Crippen LogP contribution in [-0.2, 0) is 0 Å². The van der Waals surface area contributed by atoms with Gasteiger partial charge < -0.3 is 4.42 Å². The molecule has 1 nitrogen and oxygen atoms in total. The van der Waals surface area contributed by atoms with Gasteiger partial charge in [-0.05, 0) is 56.9 Å². The summed E-state index contributed by atoms with van der Waals surface area (Å²) >= 11 is 1.85. The van der Waals surface area contributed by atoms with Crippen LogP contribution in [0.25, 0.3) is 85.9 Å². The van der Waals surface area contributed by atoms with E-state index in [9.17, 15) is 0 Å². The third-order valence-electron chi connectivity index (χ3n) is 8.26. The summed E-state index contributed by atoms with van der Waals surface area (Å²) in [7, 11) is 0. The Morgan fingerprint density at radius 3 is 1.98 bits per heavy atom. The van der Waals surface area contributed by atoms with E-state index in [-0.39, 0.29) is 0 Å². The zero-order valence-corrected chi connectivity index (χ0v) is 22.3. The summed E-state index contributed by atoms with van der Waals surface area (Å²) in [5.74, 6) is 0. The standard InChI is InChI=1S/C38H22OS/c1-2-12-25-23(10-1)11-9-17-27(25)36-29-15-4-3-14-28(29)35(38-37(36)30-16-5-7-18-32(30)39-38)24-20-21-34-31(22-24)26-13-6-8-19-33(26)40-34/h1-22H. The van der Waals surface area contributed by atoms with Gasteiger partial charge in [0.05, 0.1) is 0 Å². The van der Waals surface area contributed by atoms with E-state index in [4.69, 9.17) is 4.42 Å². The van der Waals surface area contributed by atoms with Gasteiger partial charge in [0, 0.05) is 42.1 Å². The Kier molecular flexibility index (Phi) is 4.55. The maximum atomic E-state index is 6.80. The second-order valence-corrected chi connectivity index (χ2v) is 11.5. The first-order chi connectivity index (χ1) is 19.8. The molecule has 0 radical (unpaired) electrons. The Labute approximate surface area is 234 Å². The summed E-state index contributed by atoms with van der Waals surface area (Å²) in [6.45, 7) is 0. The molecule has 186 valence electrons. The maximum Gasteiger partial charge on any atom is 0.144 e. The predicted octanol–water partition coefficient (Wildman–Crippen LogP) is 11.6. The molecule has 2 heteroatoms. The Balaban J connectivity index is 1.49. The van der Waals surface area contributed by atoms with Crippen molar-refractivity contribution in [3.8, 4) is 22.3 Å². The molecule has 7 aromatic carbocycles. The Morgan fingerprint density at radius 1 is 0.450 bits per heavy atom. The van der Waals surface area contributed by atoms with Gasteiger partial charge in [-0.25, -0.2) is 0 Å². The highest BCUT2D eigenvalue weighted by Gasteiger charge is 2.23. The molecule has 0 N–H and O–H groups in total. The van der Waals surface area contributed by atoms with Crippen LogP contribution in [0.4, 0.5) is 0 Å². The number of hydrogen-bond acceptors (Lipinski definition) is 2. The fourth-order valence-electron chi connectivity index (χ4n) is 6.54. The molecule has 40 heavy (non-hydrogen) atoms. The Morgan fingerprint density at radius 2 is 1.10 bits per heavy atom. The molecule has 0 saturated heterocycles. The zero-order valence-electron chi connectivity index (χ0n) is 21.5. The first-order valence-corrected chi connectivity index (χ1v) is 14.4. The van der Waals surface area contributed by atoms with Crippen LogP contribution in [0, 0.1) is 0 Å². The van der Waals surface area contributed by atoms with Gasteiger partial charge in [0.25, 0.3) is 0 Å². The topological polar surface area (TPSA) is 13.1 Å². The van der Waals surface area contributed by atoms with E-state index >= 15 is 0 Å². The molecule has 9 rings (SSSR count). The average Bonchev–Trinajstić information content (AvgIpc) is 3.58. The largest absolute Gasteiger partial charge is 0.455 e. The number of furan rings is 1. The Hall–Kier alpha value is -4.92. The SMILES string of the molecule is c1ccc2c(-c3c4ccccc4c(-c4ccc5sc6ccccc6c5c4)c4oc5ccccc5c34)cccc2c1. The summed E-state index contributed by atoms with van der Waals surface area (Å²) in [5.41, 5.74) is 6.66. The van der Waals surface area contributed by atoms with Crippen LogP contribution in [0.2, 0.25) is 0 Å². The lowest BCUT2D eigenvalue weighted by molar-refractivity contribution is 0.670. The van der Waals surface area contributed by atoms with E-state index in [1.54, 1.807) is 0 Å². The fraction of sp³-hybridized carbons (Fsp3) is 0. The molecule has 9 aromatic rings. The van der Waals surface area contributed by atoms with Gasteiger partial charge in [-0.3, -0.25) is 0 Å². The highest BCUT2D eigenvalue weighted by molar-refractivity contribution is 7.25. The number of para-hydroxylation sites is 1. The molecule has 0 spiro atoms. The van der Waals surface area contributed by atoms with E-state index in [0.29, 0.717) is 0 Å². The van der Waals surface area contributed by atoms with Gasteiger partial charge in [0.15, 0.2) is 0 Å². The molecule has 2 heterocycles. The summed E-state index contributed by atoms with van der Waals surface area (Å²) < 4.78 is 9.43. The summed E-state index contributed by atoms with van der Waals surface area (Å²) in [6, 6.07) is 48.2. The van der Waals surface area contributed by atoms with E-state index < -0.39 is 0 Å². The molecule has 0 unspecified atom stereocenters. The number of rotatable bonds is 2. The van der Waals surface area contributed by atoms with Gasteiger partial charge in [-0.2, -0.15) is 0 Å². The van der Waals surface area contributed by atoms with E-state index in [1.165, 1.54) is 63.8 Å². The molecule has 0 bridgehead atoms. The van der Waals surface area contributed by atoms with Gasteiger partial charge in [0.2, 0.25) is 0 Å². The smallest absolute Gasteiger partial charge is 0.144 e. The van der Waals surface area contributed by atoms with E-state index in [2.05, 4.69) is 133 Å². The van der Waals surface area contributed by atoms with Crippen LogP contribution in [0.3, 0.4) is 0 Å². The van der Waals surface area contributed by atoms with Crippen LogP contribution < -0.4 is 0 Å². The minimum Gasteiger partial charge on any atom is -0.455 e. The second kappa shape index (κ2) is 8.29. The highest BCUT2D eigenvalue weighted by Crippen LogP contribution is 2.49. The molecule has 2 aromatic heterocycles. The van der Waals surface area contributed by atoms with Gasteiger partial charge in [-0.15, -0.1) is 11.3 Å². The van der Waals surface area contributed by atoms with Crippen LogP contribution in [-0.4, -0.2) is 0 Å². The monoisotopic (exact) mass is 526 g/mol. The molecule has 0 saturated carbocycles. The van der Waals surface area contributed by atoms with Crippen molar-refractivity contribution in [2.45, 2.75) is 0 Å². The number of fused-ring (bicyclic) bond motifs is 8. The maximum absolute atomic E-state index is 6.80. The quantitative estimate of drug-likeness (QED) is 0.218. The summed E-state index contributed by atoms with van der Waals surface area (Å²) in [4.78, 5) is 0. The first-order valence-electron chi connectivity index (χ1n) is 13.6. The van der Waals surface area contributed by atoms with Crippen LogP contribution in [0.1, 0.15) is 0 Å². The minimum absolute atomic E-state index is 0.914. The van der Waals surface area contributed by atoms with Crippen molar-refractivity contribution in [1.82, 2.24) is 0 Å². The lowest BCUT2D eigenvalue weighted by Gasteiger charge is -2.16. The lowest BCUT2D eigenvalue weighted by Crippen LogP contribution is -1.90. The van der Waals surface area contributed by atoms with Crippen molar-refractivity contribution < 1.29 is 4.42 Å². The van der Waals surface area contributed by atoms with Gasteiger partial charge >= 0.3 is 0 Å². The molecule has 0 amide bonds. The summed E-state index contributed by atoms with van der Waals surface area (Å²) in [6.07, 6.45) is 0. The molecular formula is C38H22OS. The van der Waals surface area contributed by atoms with Gasteiger partial charge in [0.1, 0.15) is 11.2 Å². The van der Waals surface area contributed by atoms with E-state index in [1.807, 2.05) is 11.3 Å². The zero-order chi connectivity index (χ0) is 26.2. The lowest BCUT2D eigenvalue weighted by atomic mass is 9.86. The average molecular weight is 527 g/mol. The normalized spacial score (nSPS) is 12.0.